The van der Waals surface area contributed by atoms with Crippen molar-refractivity contribution in [3.05, 3.63) is 52.8 Å². The van der Waals surface area contributed by atoms with Crippen LogP contribution in [0.15, 0.2) is 47.3 Å². The maximum Gasteiger partial charge on any atom is 1.00 e. The topological polar surface area (TPSA) is 135 Å². The number of alkyl halides is 3. The number of amides is 1. The zero-order valence-electron chi connectivity index (χ0n) is 17.9. The number of carbonyl (C=O) groups is 2. The third-order valence-electron chi connectivity index (χ3n) is 4.33. The summed E-state index contributed by atoms with van der Waals surface area (Å²) in [5.74, 6) is -4.12. The van der Waals surface area contributed by atoms with Gasteiger partial charge in [-0.25, -0.2) is 0 Å². The van der Waals surface area contributed by atoms with Gasteiger partial charge in [-0.1, -0.05) is 44.2 Å². The van der Waals surface area contributed by atoms with Gasteiger partial charge in [-0.15, -0.1) is 0 Å². The first-order chi connectivity index (χ1) is 14.7. The number of aromatic nitrogens is 1. The maximum atomic E-state index is 12.9. The summed E-state index contributed by atoms with van der Waals surface area (Å²) < 4.78 is 72.1. The van der Waals surface area contributed by atoms with E-state index in [1.165, 1.54) is 19.9 Å². The van der Waals surface area contributed by atoms with Gasteiger partial charge in [0.1, 0.15) is 12.2 Å². The van der Waals surface area contributed by atoms with E-state index in [0.29, 0.717) is 5.56 Å². The van der Waals surface area contributed by atoms with Crippen LogP contribution in [0.4, 0.5) is 18.9 Å². The number of nitrogens with zero attached hydrogens (tertiary/aromatic N) is 1. The van der Waals surface area contributed by atoms with Gasteiger partial charge < -0.3 is 5.32 Å². The smallest absolute Gasteiger partial charge is 0.344 e. The summed E-state index contributed by atoms with van der Waals surface area (Å²) in [5.41, 5.74) is -1.04. The van der Waals surface area contributed by atoms with Crippen LogP contribution in [0.3, 0.4) is 0 Å². The number of pyridine rings is 1. The van der Waals surface area contributed by atoms with Gasteiger partial charge in [0.2, 0.25) is 5.91 Å². The molecule has 1 aromatic heterocycles. The monoisotopic (exact) mass is 498 g/mol. The molecular weight excluding hydrogens is 478 g/mol. The Morgan fingerprint density at radius 1 is 1.09 bits per heavy atom. The molecule has 9 nitrogen and oxygen atoms in total. The van der Waals surface area contributed by atoms with Crippen molar-refractivity contribution >= 4 is 27.7 Å². The molecule has 3 N–H and O–H groups in total. The predicted octanol–water partition coefficient (Wildman–Crippen LogP) is -0.994. The average Bonchev–Trinajstić information content (AvgIpc) is 2.67. The van der Waals surface area contributed by atoms with Crippen LogP contribution in [0.2, 0.25) is 0 Å². The predicted molar refractivity (Wildman–Crippen MR) is 109 cm³/mol. The Hall–Kier alpha value is -2.19. The first kappa shape index (κ1) is 28.8. The van der Waals surface area contributed by atoms with E-state index in [0.717, 1.165) is 10.6 Å². The van der Waals surface area contributed by atoms with Gasteiger partial charge >= 0.3 is 46.0 Å². The first-order valence-electron chi connectivity index (χ1n) is 9.15. The van der Waals surface area contributed by atoms with Crippen molar-refractivity contribution in [1.29, 1.82) is 0 Å². The van der Waals surface area contributed by atoms with Gasteiger partial charge in [-0.3, -0.25) is 28.2 Å². The van der Waals surface area contributed by atoms with Crippen LogP contribution in [0, 0.1) is 5.92 Å². The van der Waals surface area contributed by atoms with Gasteiger partial charge in [0.05, 0.1) is 11.7 Å². The molecule has 1 aromatic carbocycles. The Morgan fingerprint density at radius 2 is 1.67 bits per heavy atom. The van der Waals surface area contributed by atoms with Crippen molar-refractivity contribution < 1.29 is 65.3 Å². The van der Waals surface area contributed by atoms with E-state index >= 15 is 0 Å². The van der Waals surface area contributed by atoms with Crippen LogP contribution in [0.5, 0.6) is 0 Å². The number of halogens is 3. The van der Waals surface area contributed by atoms with E-state index in [9.17, 15) is 36.0 Å². The minimum atomic E-state index is -5.17. The molecule has 1 heterocycles. The van der Waals surface area contributed by atoms with E-state index in [1.807, 2.05) is 5.32 Å². The van der Waals surface area contributed by atoms with Crippen molar-refractivity contribution in [3.63, 3.8) is 0 Å². The third kappa shape index (κ3) is 7.96. The summed E-state index contributed by atoms with van der Waals surface area (Å²) in [7, 11) is -4.81. The minimum absolute atomic E-state index is 0. The summed E-state index contributed by atoms with van der Waals surface area (Å²) >= 11 is 0. The fourth-order valence-corrected chi connectivity index (χ4v) is 3.32. The number of ketones is 1. The second kappa shape index (κ2) is 11.3. The van der Waals surface area contributed by atoms with E-state index < -0.39 is 57.9 Å². The van der Waals surface area contributed by atoms with Crippen molar-refractivity contribution in [2.24, 2.45) is 5.92 Å². The molecule has 0 fully saturated rings. The quantitative estimate of drug-likeness (QED) is 0.316. The summed E-state index contributed by atoms with van der Waals surface area (Å²) in [6.45, 7) is 1.80. The Morgan fingerprint density at radius 3 is 2.15 bits per heavy atom. The van der Waals surface area contributed by atoms with Crippen LogP contribution in [0.1, 0.15) is 13.8 Å². The van der Waals surface area contributed by atoms with E-state index in [-0.39, 0.29) is 35.3 Å². The number of anilines is 1. The molecule has 0 saturated heterocycles. The maximum absolute atomic E-state index is 12.9. The number of hydrogen-bond acceptors (Lipinski definition) is 5. The van der Waals surface area contributed by atoms with Crippen molar-refractivity contribution in [2.45, 2.75) is 32.6 Å². The summed E-state index contributed by atoms with van der Waals surface area (Å²) in [6, 6.07) is 8.60. The standard InChI is InChI=1S/C19H20F3N3O6S.Na/c1-11(2)16(17(27)19(20,21)22)23-15(26)10-25-14(12-6-4-3-5-7-12)9-8-13(18(25)28)24-32(29,30)31;/h3-9,11,16,24H,10H2,1-2H3,(H,23,26)(H,29,30,31);/q;+1. The Bertz CT molecular complexity index is 1170. The minimum Gasteiger partial charge on any atom is -0.344 e. The van der Waals surface area contributed by atoms with Crippen molar-refractivity contribution in [2.75, 3.05) is 4.72 Å². The number of benzene rings is 1. The Balaban J connectivity index is 0.00000544. The molecule has 2 aromatic rings. The molecule has 33 heavy (non-hydrogen) atoms. The van der Waals surface area contributed by atoms with Crippen LogP contribution < -0.4 is 45.2 Å². The molecule has 0 radical (unpaired) electrons. The van der Waals surface area contributed by atoms with E-state index in [4.69, 9.17) is 4.55 Å². The summed E-state index contributed by atoms with van der Waals surface area (Å²) in [6.07, 6.45) is -5.17. The van der Waals surface area contributed by atoms with Gasteiger partial charge in [0, 0.05) is 0 Å². The third-order valence-corrected chi connectivity index (χ3v) is 4.81. The fourth-order valence-electron chi connectivity index (χ4n) is 2.89. The number of rotatable bonds is 8. The second-order valence-electron chi connectivity index (χ2n) is 7.12. The number of carbonyl (C=O) groups excluding carboxylic acids is 2. The Labute approximate surface area is 209 Å². The number of nitrogens with one attached hydrogen (secondary N) is 2. The molecule has 174 valence electrons. The number of hydrogen-bond donors (Lipinski definition) is 3. The molecule has 1 unspecified atom stereocenters. The van der Waals surface area contributed by atoms with Crippen LogP contribution in [0.25, 0.3) is 11.3 Å². The van der Waals surface area contributed by atoms with E-state index in [2.05, 4.69) is 0 Å². The van der Waals surface area contributed by atoms with Gasteiger partial charge in [0.15, 0.2) is 0 Å². The van der Waals surface area contributed by atoms with Crippen LogP contribution in [-0.2, 0) is 26.4 Å². The molecule has 0 aliphatic rings. The molecule has 1 atom stereocenters. The molecule has 2 rings (SSSR count). The Kier molecular flexibility index (Phi) is 9.87. The number of Topliss-reactive ketones (excluding diaryl/α,β-unsaturated/α-hetero) is 1. The zero-order chi connectivity index (χ0) is 24.3. The van der Waals surface area contributed by atoms with Crippen molar-refractivity contribution in [1.82, 2.24) is 9.88 Å². The largest absolute Gasteiger partial charge is 1.00 e. The SMILES string of the molecule is CC(C)C(NC(=O)Cn1c(-c2ccccc2)ccc(NS(=O)(=O)O)c1=O)C(=O)C(F)(F)F.[Na+]. The molecule has 0 bridgehead atoms. The van der Waals surface area contributed by atoms with Crippen LogP contribution in [-0.4, -0.2) is 41.4 Å². The van der Waals surface area contributed by atoms with Crippen LogP contribution >= 0.6 is 0 Å². The summed E-state index contributed by atoms with van der Waals surface area (Å²) in [4.78, 5) is 36.9. The first-order valence-corrected chi connectivity index (χ1v) is 10.6. The van der Waals surface area contributed by atoms with Gasteiger partial charge in [-0.05, 0) is 23.6 Å². The molecule has 14 heteroatoms. The zero-order valence-corrected chi connectivity index (χ0v) is 20.7. The fraction of sp³-hybridized carbons (Fsp3) is 0.316. The molecule has 1 amide bonds. The average molecular weight is 498 g/mol. The molecule has 0 saturated carbocycles. The van der Waals surface area contributed by atoms with E-state index in [1.54, 1.807) is 35.1 Å². The van der Waals surface area contributed by atoms with Gasteiger partial charge in [0.25, 0.3) is 11.3 Å². The molecule has 0 aliphatic carbocycles. The molecular formula is C19H20F3N3NaO6S+. The molecule has 0 aliphatic heterocycles. The van der Waals surface area contributed by atoms with Crippen molar-refractivity contribution in [3.8, 4) is 11.3 Å². The summed E-state index contributed by atoms with van der Waals surface area (Å²) in [5, 5.41) is 1.99. The normalized spacial score (nSPS) is 12.6. The van der Waals surface area contributed by atoms with Gasteiger partial charge in [-0.2, -0.15) is 21.6 Å². The molecule has 0 spiro atoms. The second-order valence-corrected chi connectivity index (χ2v) is 8.27.